The van der Waals surface area contributed by atoms with E-state index in [9.17, 15) is 5.11 Å². The predicted molar refractivity (Wildman–Crippen MR) is 116 cm³/mol. The average molecular weight is 383 g/mol. The molecule has 1 N–H and O–H groups in total. The molecule has 0 bridgehead atoms. The Morgan fingerprint density at radius 1 is 1.07 bits per heavy atom. The molecule has 1 aromatic carbocycles. The van der Waals surface area contributed by atoms with E-state index in [1.165, 1.54) is 49.7 Å². The summed E-state index contributed by atoms with van der Waals surface area (Å²) in [6.45, 7) is 11.4. The fraction of sp³-hybridized carbons (Fsp3) is 0.692. The van der Waals surface area contributed by atoms with Crippen molar-refractivity contribution in [2.45, 2.75) is 103 Å². The van der Waals surface area contributed by atoms with E-state index in [1.54, 1.807) is 0 Å². The molecule has 4 rings (SSSR count). The van der Waals surface area contributed by atoms with Gasteiger partial charge >= 0.3 is 0 Å². The highest BCUT2D eigenvalue weighted by atomic mass is 16.5. The van der Waals surface area contributed by atoms with Crippen molar-refractivity contribution in [2.24, 2.45) is 11.8 Å². The number of phenolic OH excluding ortho intramolecular Hbond substituents is 1. The van der Waals surface area contributed by atoms with Gasteiger partial charge < -0.3 is 9.84 Å². The van der Waals surface area contributed by atoms with E-state index in [0.29, 0.717) is 23.5 Å². The third-order valence-corrected chi connectivity index (χ3v) is 8.12. The fourth-order valence-corrected chi connectivity index (χ4v) is 6.17. The van der Waals surface area contributed by atoms with Gasteiger partial charge in [0.2, 0.25) is 0 Å². The molecule has 2 atom stereocenters. The summed E-state index contributed by atoms with van der Waals surface area (Å²) >= 11 is 0. The number of allylic oxidation sites excluding steroid dienone is 2. The van der Waals surface area contributed by atoms with E-state index in [-0.39, 0.29) is 11.0 Å². The Labute approximate surface area is 171 Å². The third-order valence-electron chi connectivity index (χ3n) is 8.12. The molecule has 3 aliphatic rings. The van der Waals surface area contributed by atoms with Crippen LogP contribution in [0, 0.1) is 11.8 Å². The van der Waals surface area contributed by atoms with Crippen LogP contribution in [-0.4, -0.2) is 10.7 Å². The van der Waals surface area contributed by atoms with Gasteiger partial charge in [-0.3, -0.25) is 0 Å². The van der Waals surface area contributed by atoms with Gasteiger partial charge in [0.25, 0.3) is 0 Å². The van der Waals surface area contributed by atoms with E-state index >= 15 is 0 Å². The van der Waals surface area contributed by atoms with Crippen LogP contribution in [0.3, 0.4) is 0 Å². The largest absolute Gasteiger partial charge is 0.508 e. The zero-order valence-corrected chi connectivity index (χ0v) is 18.5. The summed E-state index contributed by atoms with van der Waals surface area (Å²) < 4.78 is 6.56. The molecule has 1 saturated carbocycles. The van der Waals surface area contributed by atoms with Crippen LogP contribution in [0.25, 0.3) is 0 Å². The lowest BCUT2D eigenvalue weighted by Gasteiger charge is -2.47. The summed E-state index contributed by atoms with van der Waals surface area (Å²) in [4.78, 5) is 0. The van der Waals surface area contributed by atoms with E-state index < -0.39 is 0 Å². The molecule has 154 valence electrons. The first kappa shape index (κ1) is 19.9. The first-order valence-electron chi connectivity index (χ1n) is 11.4. The van der Waals surface area contributed by atoms with Gasteiger partial charge in [-0.05, 0) is 75.5 Å². The second kappa shape index (κ2) is 7.11. The minimum Gasteiger partial charge on any atom is -0.508 e. The molecular formula is C26H38O2. The highest BCUT2D eigenvalue weighted by Gasteiger charge is 2.46. The minimum absolute atomic E-state index is 0.0591. The van der Waals surface area contributed by atoms with Crippen molar-refractivity contribution in [3.05, 3.63) is 34.9 Å². The number of rotatable bonds is 2. The van der Waals surface area contributed by atoms with Gasteiger partial charge in [-0.2, -0.15) is 0 Å². The zero-order chi connectivity index (χ0) is 20.1. The van der Waals surface area contributed by atoms with Crippen LogP contribution in [-0.2, 0) is 5.41 Å². The van der Waals surface area contributed by atoms with Crippen molar-refractivity contribution >= 4 is 0 Å². The van der Waals surface area contributed by atoms with Gasteiger partial charge in [-0.25, -0.2) is 0 Å². The lowest BCUT2D eigenvalue weighted by molar-refractivity contribution is 0.00735. The van der Waals surface area contributed by atoms with Gasteiger partial charge in [0.15, 0.2) is 0 Å². The maximum absolute atomic E-state index is 11.2. The molecule has 0 radical (unpaired) electrons. The number of hydrogen-bond acceptors (Lipinski definition) is 2. The molecule has 1 heterocycles. The molecule has 2 heteroatoms. The predicted octanol–water partition coefficient (Wildman–Crippen LogP) is 7.25. The van der Waals surface area contributed by atoms with Crippen molar-refractivity contribution in [3.63, 3.8) is 0 Å². The molecule has 2 aliphatic carbocycles. The van der Waals surface area contributed by atoms with E-state index in [0.717, 1.165) is 24.2 Å². The minimum atomic E-state index is -0.202. The van der Waals surface area contributed by atoms with Crippen LogP contribution in [0.1, 0.15) is 103 Å². The summed E-state index contributed by atoms with van der Waals surface area (Å²) in [6, 6.07) is 4.34. The third kappa shape index (κ3) is 3.37. The fourth-order valence-electron chi connectivity index (χ4n) is 6.17. The molecule has 0 unspecified atom stereocenters. The van der Waals surface area contributed by atoms with Gasteiger partial charge in [0.1, 0.15) is 17.1 Å². The molecule has 0 aromatic heterocycles. The number of hydrogen-bond donors (Lipinski definition) is 1. The van der Waals surface area contributed by atoms with Crippen molar-refractivity contribution in [3.8, 4) is 11.5 Å². The number of aromatic hydroxyl groups is 1. The molecule has 2 nitrogen and oxygen atoms in total. The molecule has 1 aromatic rings. The normalized spacial score (nSPS) is 27.8. The molecule has 0 amide bonds. The molecule has 0 saturated heterocycles. The Balaban J connectivity index is 1.74. The van der Waals surface area contributed by atoms with Crippen LogP contribution in [0.5, 0.6) is 11.5 Å². The SMILES string of the molecule is CC1=CC[C@@H]2[C@@H](C1)c1c(O)cc(C(C)(C)C3CCCCCC3)cc1OC2(C)C. The standard InChI is InChI=1S/C26H38O2/c1-17-12-13-21-20(14-17)24-22(27)15-19(16-23(24)28-26(21,4)5)25(2,3)18-10-8-6-7-9-11-18/h12,15-16,18,20-21,27H,6-11,13-14H2,1-5H3/t20-,21-/m1/s1. The molecule has 0 spiro atoms. The van der Waals surface area contributed by atoms with E-state index in [1.807, 2.05) is 0 Å². The quantitative estimate of drug-likeness (QED) is 0.431. The van der Waals surface area contributed by atoms with E-state index in [4.69, 9.17) is 4.74 Å². The van der Waals surface area contributed by atoms with Crippen LogP contribution >= 0.6 is 0 Å². The molecular weight excluding hydrogens is 344 g/mol. The molecule has 28 heavy (non-hydrogen) atoms. The van der Waals surface area contributed by atoms with Gasteiger partial charge in [0, 0.05) is 17.4 Å². The van der Waals surface area contributed by atoms with Crippen molar-refractivity contribution in [1.82, 2.24) is 0 Å². The van der Waals surface area contributed by atoms with Gasteiger partial charge in [-0.15, -0.1) is 0 Å². The lowest BCUT2D eigenvalue weighted by Crippen LogP contribution is -2.45. The Morgan fingerprint density at radius 2 is 1.75 bits per heavy atom. The lowest BCUT2D eigenvalue weighted by atomic mass is 9.65. The Morgan fingerprint density at radius 3 is 2.43 bits per heavy atom. The highest BCUT2D eigenvalue weighted by Crippen LogP contribution is 2.55. The number of benzene rings is 1. The Kier molecular flexibility index (Phi) is 5.04. The number of fused-ring (bicyclic) bond motifs is 3. The molecule has 1 fully saturated rings. The van der Waals surface area contributed by atoms with Crippen LogP contribution in [0.4, 0.5) is 0 Å². The molecule has 1 aliphatic heterocycles. The maximum atomic E-state index is 11.2. The maximum Gasteiger partial charge on any atom is 0.127 e. The summed E-state index contributed by atoms with van der Waals surface area (Å²) in [5.74, 6) is 2.85. The van der Waals surface area contributed by atoms with Crippen molar-refractivity contribution in [2.75, 3.05) is 0 Å². The summed E-state index contributed by atoms with van der Waals surface area (Å²) in [6.07, 6.45) is 12.4. The Hall–Kier alpha value is -1.44. The average Bonchev–Trinajstić information content (AvgIpc) is 2.90. The Bertz CT molecular complexity index is 763. The zero-order valence-electron chi connectivity index (χ0n) is 18.5. The summed E-state index contributed by atoms with van der Waals surface area (Å²) in [5, 5.41) is 11.2. The number of phenols is 1. The monoisotopic (exact) mass is 382 g/mol. The van der Waals surface area contributed by atoms with Crippen molar-refractivity contribution < 1.29 is 9.84 Å². The van der Waals surface area contributed by atoms with Crippen LogP contribution < -0.4 is 4.74 Å². The first-order valence-corrected chi connectivity index (χ1v) is 11.4. The second-order valence-electron chi connectivity index (χ2n) is 10.7. The van der Waals surface area contributed by atoms with Crippen molar-refractivity contribution in [1.29, 1.82) is 0 Å². The first-order chi connectivity index (χ1) is 13.2. The van der Waals surface area contributed by atoms with Gasteiger partial charge in [-0.1, -0.05) is 51.2 Å². The van der Waals surface area contributed by atoms with Crippen LogP contribution in [0.2, 0.25) is 0 Å². The topological polar surface area (TPSA) is 29.5 Å². The summed E-state index contributed by atoms with van der Waals surface area (Å²) in [7, 11) is 0. The highest BCUT2D eigenvalue weighted by molar-refractivity contribution is 5.54. The number of ether oxygens (including phenoxy) is 1. The second-order valence-corrected chi connectivity index (χ2v) is 10.7. The van der Waals surface area contributed by atoms with Crippen LogP contribution in [0.15, 0.2) is 23.8 Å². The van der Waals surface area contributed by atoms with E-state index in [2.05, 4.69) is 52.8 Å². The van der Waals surface area contributed by atoms with Gasteiger partial charge in [0.05, 0.1) is 0 Å². The smallest absolute Gasteiger partial charge is 0.127 e. The summed E-state index contributed by atoms with van der Waals surface area (Å²) in [5.41, 5.74) is 3.59.